The Morgan fingerprint density at radius 3 is 2.00 bits per heavy atom. The van der Waals surface area contributed by atoms with E-state index in [-0.39, 0.29) is 0 Å². The quantitative estimate of drug-likeness (QED) is 0.749. The van der Waals surface area contributed by atoms with Gasteiger partial charge in [-0.15, -0.1) is 0 Å². The molecular weight excluding hydrogens is 196 g/mol. The Balaban J connectivity index is 2.48. The van der Waals surface area contributed by atoms with Crippen LogP contribution < -0.4 is 5.32 Å². The van der Waals surface area contributed by atoms with Crippen molar-refractivity contribution in [1.82, 2.24) is 10.2 Å². The molecule has 0 spiro atoms. The van der Waals surface area contributed by atoms with Crippen molar-refractivity contribution < 1.29 is 0 Å². The third kappa shape index (κ3) is 4.42. The van der Waals surface area contributed by atoms with E-state index in [9.17, 15) is 0 Å². The Labute approximate surface area is 102 Å². The van der Waals surface area contributed by atoms with Crippen LogP contribution in [0, 0.1) is 11.8 Å². The third-order valence-corrected chi connectivity index (χ3v) is 3.53. The average Bonchev–Trinajstić information content (AvgIpc) is 2.63. The van der Waals surface area contributed by atoms with Crippen LogP contribution in [0.15, 0.2) is 0 Å². The molecule has 1 aliphatic rings. The van der Waals surface area contributed by atoms with Gasteiger partial charge >= 0.3 is 0 Å². The molecule has 0 aromatic carbocycles. The lowest BCUT2D eigenvalue weighted by Crippen LogP contribution is -2.39. The van der Waals surface area contributed by atoms with Crippen LogP contribution in [0.4, 0.5) is 0 Å². The molecular formula is C14H30N2. The van der Waals surface area contributed by atoms with Gasteiger partial charge in [0.1, 0.15) is 0 Å². The maximum atomic E-state index is 3.43. The second kappa shape index (κ2) is 6.61. The van der Waals surface area contributed by atoms with Gasteiger partial charge in [-0.1, -0.05) is 27.7 Å². The van der Waals surface area contributed by atoms with E-state index in [0.717, 1.165) is 23.9 Å². The summed E-state index contributed by atoms with van der Waals surface area (Å²) in [4.78, 5) is 2.73. The minimum atomic E-state index is 0.756. The van der Waals surface area contributed by atoms with Crippen LogP contribution in [0.25, 0.3) is 0 Å². The SMILES string of the molecule is CNC1CCC(N(CC(C)C)CC(C)C)C1. The zero-order valence-electron chi connectivity index (χ0n) is 11.8. The highest BCUT2D eigenvalue weighted by molar-refractivity contribution is 4.86. The van der Waals surface area contributed by atoms with Crippen LogP contribution in [0.2, 0.25) is 0 Å². The van der Waals surface area contributed by atoms with Gasteiger partial charge in [-0.2, -0.15) is 0 Å². The van der Waals surface area contributed by atoms with Crippen molar-refractivity contribution in [3.63, 3.8) is 0 Å². The summed E-state index contributed by atoms with van der Waals surface area (Å²) in [6.45, 7) is 11.9. The van der Waals surface area contributed by atoms with Gasteiger partial charge in [-0.05, 0) is 38.1 Å². The fourth-order valence-electron chi connectivity index (χ4n) is 2.86. The molecule has 0 saturated heterocycles. The number of nitrogens with one attached hydrogen (secondary N) is 1. The maximum absolute atomic E-state index is 3.43. The van der Waals surface area contributed by atoms with E-state index in [1.54, 1.807) is 0 Å². The first-order valence-electron chi connectivity index (χ1n) is 6.94. The van der Waals surface area contributed by atoms with Crippen molar-refractivity contribution in [2.75, 3.05) is 20.1 Å². The molecule has 1 N–H and O–H groups in total. The van der Waals surface area contributed by atoms with Crippen molar-refractivity contribution in [3.05, 3.63) is 0 Å². The van der Waals surface area contributed by atoms with Gasteiger partial charge in [-0.25, -0.2) is 0 Å². The molecule has 2 atom stereocenters. The number of rotatable bonds is 6. The van der Waals surface area contributed by atoms with Crippen molar-refractivity contribution >= 4 is 0 Å². The molecule has 0 bridgehead atoms. The molecule has 2 heteroatoms. The summed E-state index contributed by atoms with van der Waals surface area (Å²) < 4.78 is 0. The first-order chi connectivity index (χ1) is 7.52. The monoisotopic (exact) mass is 226 g/mol. The van der Waals surface area contributed by atoms with Gasteiger partial charge in [-0.3, -0.25) is 4.90 Å². The lowest BCUT2D eigenvalue weighted by molar-refractivity contribution is 0.156. The second-order valence-electron chi connectivity index (χ2n) is 6.19. The predicted octanol–water partition coefficient (Wildman–Crippen LogP) is 2.74. The molecule has 2 unspecified atom stereocenters. The van der Waals surface area contributed by atoms with Crippen LogP contribution in [0.1, 0.15) is 47.0 Å². The maximum Gasteiger partial charge on any atom is 0.0111 e. The Morgan fingerprint density at radius 1 is 1.06 bits per heavy atom. The molecule has 1 rings (SSSR count). The van der Waals surface area contributed by atoms with Crippen molar-refractivity contribution in [1.29, 1.82) is 0 Å². The summed E-state index contributed by atoms with van der Waals surface area (Å²) in [6, 6.07) is 1.58. The predicted molar refractivity (Wildman–Crippen MR) is 71.7 cm³/mol. The van der Waals surface area contributed by atoms with Gasteiger partial charge in [0.15, 0.2) is 0 Å². The first-order valence-corrected chi connectivity index (χ1v) is 6.94. The topological polar surface area (TPSA) is 15.3 Å². The molecule has 0 aromatic heterocycles. The molecule has 1 saturated carbocycles. The number of hydrogen-bond acceptors (Lipinski definition) is 2. The molecule has 2 nitrogen and oxygen atoms in total. The van der Waals surface area contributed by atoms with Crippen molar-refractivity contribution in [2.45, 2.75) is 59.0 Å². The lowest BCUT2D eigenvalue weighted by atomic mass is 10.1. The summed E-state index contributed by atoms with van der Waals surface area (Å²) in [5.41, 5.74) is 0. The minimum Gasteiger partial charge on any atom is -0.317 e. The molecule has 16 heavy (non-hydrogen) atoms. The Hall–Kier alpha value is -0.0800. The van der Waals surface area contributed by atoms with Crippen LogP contribution in [-0.4, -0.2) is 37.1 Å². The van der Waals surface area contributed by atoms with Gasteiger partial charge in [0, 0.05) is 25.2 Å². The fourth-order valence-corrected chi connectivity index (χ4v) is 2.86. The normalized spacial score (nSPS) is 26.2. The zero-order valence-corrected chi connectivity index (χ0v) is 11.8. The van der Waals surface area contributed by atoms with Crippen LogP contribution in [-0.2, 0) is 0 Å². The molecule has 1 aliphatic carbocycles. The highest BCUT2D eigenvalue weighted by Crippen LogP contribution is 2.25. The van der Waals surface area contributed by atoms with E-state index in [4.69, 9.17) is 0 Å². The van der Waals surface area contributed by atoms with E-state index in [1.807, 2.05) is 0 Å². The molecule has 1 fully saturated rings. The molecule has 96 valence electrons. The van der Waals surface area contributed by atoms with Crippen LogP contribution >= 0.6 is 0 Å². The van der Waals surface area contributed by atoms with Crippen LogP contribution in [0.3, 0.4) is 0 Å². The zero-order chi connectivity index (χ0) is 12.1. The Morgan fingerprint density at radius 2 is 1.62 bits per heavy atom. The van der Waals surface area contributed by atoms with E-state index in [2.05, 4.69) is 45.0 Å². The summed E-state index contributed by atoms with van der Waals surface area (Å²) in [5.74, 6) is 1.57. The highest BCUT2D eigenvalue weighted by atomic mass is 15.2. The van der Waals surface area contributed by atoms with Gasteiger partial charge in [0.2, 0.25) is 0 Å². The summed E-state index contributed by atoms with van der Waals surface area (Å²) in [5, 5.41) is 3.43. The molecule has 0 aliphatic heterocycles. The minimum absolute atomic E-state index is 0.756. The largest absolute Gasteiger partial charge is 0.317 e. The van der Waals surface area contributed by atoms with Crippen LogP contribution in [0.5, 0.6) is 0 Å². The Bertz CT molecular complexity index is 179. The van der Waals surface area contributed by atoms with E-state index < -0.39 is 0 Å². The van der Waals surface area contributed by atoms with E-state index in [0.29, 0.717) is 0 Å². The third-order valence-electron chi connectivity index (χ3n) is 3.53. The molecule has 0 amide bonds. The van der Waals surface area contributed by atoms with Gasteiger partial charge in [0.05, 0.1) is 0 Å². The number of hydrogen-bond donors (Lipinski definition) is 1. The summed E-state index contributed by atoms with van der Waals surface area (Å²) in [7, 11) is 2.10. The standard InChI is InChI=1S/C14H30N2/c1-11(2)9-16(10-12(3)4)14-7-6-13(8-14)15-5/h11-15H,6-10H2,1-5H3. The lowest BCUT2D eigenvalue weighted by Gasteiger charge is -2.32. The van der Waals surface area contributed by atoms with Gasteiger partial charge in [0.25, 0.3) is 0 Å². The smallest absolute Gasteiger partial charge is 0.0111 e. The van der Waals surface area contributed by atoms with Gasteiger partial charge < -0.3 is 5.32 Å². The van der Waals surface area contributed by atoms with E-state index >= 15 is 0 Å². The fraction of sp³-hybridized carbons (Fsp3) is 1.00. The second-order valence-corrected chi connectivity index (χ2v) is 6.19. The molecule has 0 radical (unpaired) electrons. The van der Waals surface area contributed by atoms with Crippen molar-refractivity contribution in [2.24, 2.45) is 11.8 Å². The number of nitrogens with zero attached hydrogens (tertiary/aromatic N) is 1. The van der Waals surface area contributed by atoms with Crippen molar-refractivity contribution in [3.8, 4) is 0 Å². The average molecular weight is 226 g/mol. The highest BCUT2D eigenvalue weighted by Gasteiger charge is 2.28. The van der Waals surface area contributed by atoms with E-state index in [1.165, 1.54) is 32.4 Å². The Kier molecular flexibility index (Phi) is 5.77. The summed E-state index contributed by atoms with van der Waals surface area (Å²) in [6.07, 6.45) is 4.08. The first kappa shape index (κ1) is 14.0. The summed E-state index contributed by atoms with van der Waals surface area (Å²) >= 11 is 0. The molecule has 0 aromatic rings. The molecule has 0 heterocycles.